The van der Waals surface area contributed by atoms with E-state index >= 15 is 0 Å². The molecule has 0 saturated carbocycles. The van der Waals surface area contributed by atoms with Gasteiger partial charge in [-0.25, -0.2) is 0 Å². The molecule has 0 heterocycles. The maximum absolute atomic E-state index is 3.75. The number of rotatable bonds is 5. The van der Waals surface area contributed by atoms with Crippen LogP contribution in [0.25, 0.3) is 0 Å². The third-order valence-electron chi connectivity index (χ3n) is 2.33. The Labute approximate surface area is 83.0 Å². The molecule has 0 aromatic rings. The summed E-state index contributed by atoms with van der Waals surface area (Å²) in [5.74, 6) is 0.657. The molecule has 1 atom stereocenters. The molecule has 0 amide bonds. The fourth-order valence-electron chi connectivity index (χ4n) is 1.44. The highest BCUT2D eigenvalue weighted by Gasteiger charge is 2.00. The third kappa shape index (κ3) is 5.46. The van der Waals surface area contributed by atoms with Gasteiger partial charge in [-0.3, -0.25) is 0 Å². The van der Waals surface area contributed by atoms with Gasteiger partial charge in [0.1, 0.15) is 0 Å². The molecule has 74 valence electrons. The molecule has 0 saturated heterocycles. The number of allylic oxidation sites excluding steroid dienone is 5. The highest BCUT2D eigenvalue weighted by atomic mass is 14.1. The van der Waals surface area contributed by atoms with Gasteiger partial charge in [-0.1, -0.05) is 36.3 Å². The summed E-state index contributed by atoms with van der Waals surface area (Å²) < 4.78 is 0. The average Bonchev–Trinajstić information content (AvgIpc) is 2.05. The van der Waals surface area contributed by atoms with Gasteiger partial charge < -0.3 is 0 Å². The van der Waals surface area contributed by atoms with Crippen LogP contribution in [0.2, 0.25) is 0 Å². The van der Waals surface area contributed by atoms with Crippen LogP contribution in [-0.4, -0.2) is 0 Å². The van der Waals surface area contributed by atoms with Crippen LogP contribution in [0.3, 0.4) is 0 Å². The molecule has 0 fully saturated rings. The summed E-state index contributed by atoms with van der Waals surface area (Å²) in [6.45, 7) is 12.5. The summed E-state index contributed by atoms with van der Waals surface area (Å²) in [6.07, 6.45) is 8.54. The molecule has 0 N–H and O–H groups in total. The van der Waals surface area contributed by atoms with Crippen molar-refractivity contribution in [1.82, 2.24) is 0 Å². The van der Waals surface area contributed by atoms with Crippen molar-refractivity contribution in [2.45, 2.75) is 40.5 Å². The Morgan fingerprint density at radius 1 is 1.31 bits per heavy atom. The van der Waals surface area contributed by atoms with Crippen LogP contribution in [-0.2, 0) is 0 Å². The molecule has 0 aliphatic heterocycles. The fraction of sp³-hybridized carbons (Fsp3) is 0.538. The van der Waals surface area contributed by atoms with E-state index in [2.05, 4.69) is 46.4 Å². The summed E-state index contributed by atoms with van der Waals surface area (Å²) in [5.41, 5.74) is 2.97. The first-order chi connectivity index (χ1) is 6.11. The van der Waals surface area contributed by atoms with Gasteiger partial charge in [0.05, 0.1) is 0 Å². The smallest absolute Gasteiger partial charge is 0.0142 e. The first kappa shape index (κ1) is 12.2. The first-order valence-corrected chi connectivity index (χ1v) is 5.00. The van der Waals surface area contributed by atoms with E-state index < -0.39 is 0 Å². The topological polar surface area (TPSA) is 0 Å². The minimum atomic E-state index is 0.657. The van der Waals surface area contributed by atoms with Crippen molar-refractivity contribution >= 4 is 0 Å². The SMILES string of the molecule is C=CC/C(C)=C(\C)CC(C)/C=C/C. The lowest BCUT2D eigenvalue weighted by molar-refractivity contribution is 0.708. The van der Waals surface area contributed by atoms with Gasteiger partial charge in [-0.05, 0) is 39.5 Å². The predicted octanol–water partition coefficient (Wildman–Crippen LogP) is 4.50. The molecular weight excluding hydrogens is 156 g/mol. The van der Waals surface area contributed by atoms with Crippen molar-refractivity contribution in [1.29, 1.82) is 0 Å². The zero-order valence-electron chi connectivity index (χ0n) is 9.43. The second-order valence-corrected chi connectivity index (χ2v) is 3.76. The van der Waals surface area contributed by atoms with Crippen molar-refractivity contribution in [3.05, 3.63) is 36.0 Å². The number of hydrogen-bond donors (Lipinski definition) is 0. The molecule has 0 bridgehead atoms. The summed E-state index contributed by atoms with van der Waals surface area (Å²) >= 11 is 0. The van der Waals surface area contributed by atoms with E-state index in [0.717, 1.165) is 6.42 Å². The van der Waals surface area contributed by atoms with Crippen molar-refractivity contribution in [3.63, 3.8) is 0 Å². The van der Waals surface area contributed by atoms with Crippen LogP contribution in [0.1, 0.15) is 40.5 Å². The summed E-state index contributed by atoms with van der Waals surface area (Å²) in [7, 11) is 0. The van der Waals surface area contributed by atoms with Gasteiger partial charge in [-0.15, -0.1) is 6.58 Å². The van der Waals surface area contributed by atoms with Gasteiger partial charge in [0.15, 0.2) is 0 Å². The highest BCUT2D eigenvalue weighted by molar-refractivity contribution is 5.13. The summed E-state index contributed by atoms with van der Waals surface area (Å²) in [6, 6.07) is 0. The molecule has 0 radical (unpaired) electrons. The van der Waals surface area contributed by atoms with Gasteiger partial charge in [0.2, 0.25) is 0 Å². The largest absolute Gasteiger partial charge is 0.103 e. The molecule has 13 heavy (non-hydrogen) atoms. The molecule has 0 spiro atoms. The Balaban J connectivity index is 4.17. The van der Waals surface area contributed by atoms with Gasteiger partial charge in [0.25, 0.3) is 0 Å². The monoisotopic (exact) mass is 178 g/mol. The molecule has 1 unspecified atom stereocenters. The molecular formula is C13H22. The van der Waals surface area contributed by atoms with Crippen LogP contribution in [0, 0.1) is 5.92 Å². The molecule has 0 nitrogen and oxygen atoms in total. The number of hydrogen-bond acceptors (Lipinski definition) is 0. The normalized spacial score (nSPS) is 15.7. The van der Waals surface area contributed by atoms with E-state index in [1.807, 2.05) is 6.08 Å². The first-order valence-electron chi connectivity index (χ1n) is 5.00. The lowest BCUT2D eigenvalue weighted by atomic mass is 9.97. The standard InChI is InChI=1S/C13H22/c1-6-8-11(3)10-13(5)12(4)9-7-2/h6-8,11H,2,9-10H2,1,3-5H3/b8-6+,13-12+. The molecule has 0 aliphatic rings. The Bertz CT molecular complexity index is 206. The van der Waals surface area contributed by atoms with Crippen LogP contribution >= 0.6 is 0 Å². The van der Waals surface area contributed by atoms with Gasteiger partial charge in [0, 0.05) is 0 Å². The fourth-order valence-corrected chi connectivity index (χ4v) is 1.44. The van der Waals surface area contributed by atoms with Gasteiger partial charge in [-0.2, -0.15) is 0 Å². The van der Waals surface area contributed by atoms with Crippen molar-refractivity contribution in [2.24, 2.45) is 5.92 Å². The van der Waals surface area contributed by atoms with Crippen molar-refractivity contribution in [3.8, 4) is 0 Å². The molecule has 0 rings (SSSR count). The van der Waals surface area contributed by atoms with Crippen LogP contribution in [0.4, 0.5) is 0 Å². The van der Waals surface area contributed by atoms with Gasteiger partial charge >= 0.3 is 0 Å². The average molecular weight is 178 g/mol. The van der Waals surface area contributed by atoms with Crippen LogP contribution < -0.4 is 0 Å². The summed E-state index contributed by atoms with van der Waals surface area (Å²) in [5, 5.41) is 0. The Kier molecular flexibility index (Phi) is 6.30. The molecule has 0 heteroatoms. The Hall–Kier alpha value is -0.780. The lowest BCUT2D eigenvalue weighted by Crippen LogP contribution is -1.93. The van der Waals surface area contributed by atoms with Crippen molar-refractivity contribution in [2.75, 3.05) is 0 Å². The van der Waals surface area contributed by atoms with E-state index in [1.165, 1.54) is 17.6 Å². The minimum absolute atomic E-state index is 0.657. The maximum atomic E-state index is 3.75. The maximum Gasteiger partial charge on any atom is -0.0142 e. The Morgan fingerprint density at radius 3 is 2.38 bits per heavy atom. The quantitative estimate of drug-likeness (QED) is 0.544. The minimum Gasteiger partial charge on any atom is -0.103 e. The van der Waals surface area contributed by atoms with E-state index in [4.69, 9.17) is 0 Å². The Morgan fingerprint density at radius 2 is 1.92 bits per heavy atom. The van der Waals surface area contributed by atoms with Crippen LogP contribution in [0.15, 0.2) is 36.0 Å². The summed E-state index contributed by atoms with van der Waals surface area (Å²) in [4.78, 5) is 0. The third-order valence-corrected chi connectivity index (χ3v) is 2.33. The highest BCUT2D eigenvalue weighted by Crippen LogP contribution is 2.17. The second kappa shape index (κ2) is 6.71. The van der Waals surface area contributed by atoms with E-state index in [-0.39, 0.29) is 0 Å². The molecule has 0 aromatic carbocycles. The predicted molar refractivity (Wildman–Crippen MR) is 61.8 cm³/mol. The van der Waals surface area contributed by atoms with Crippen LogP contribution in [0.5, 0.6) is 0 Å². The molecule has 0 aromatic heterocycles. The zero-order valence-corrected chi connectivity index (χ0v) is 9.43. The zero-order chi connectivity index (χ0) is 10.3. The lowest BCUT2D eigenvalue weighted by Gasteiger charge is -2.09. The van der Waals surface area contributed by atoms with E-state index in [0.29, 0.717) is 5.92 Å². The van der Waals surface area contributed by atoms with Crippen molar-refractivity contribution < 1.29 is 0 Å². The second-order valence-electron chi connectivity index (χ2n) is 3.76. The van der Waals surface area contributed by atoms with E-state index in [9.17, 15) is 0 Å². The van der Waals surface area contributed by atoms with E-state index in [1.54, 1.807) is 0 Å². The molecule has 0 aliphatic carbocycles.